The number of aliphatic hydroxyl groups excluding tert-OH is 2. The van der Waals surface area contributed by atoms with Crippen molar-refractivity contribution in [2.24, 2.45) is 5.41 Å². The standard InChI is InChI=1S/C14H23NO3/c16-9-13-5-4-12(18-13)8-15-10-14(11-17)6-2-1-3-7-14/h4-5,15-17H,1-3,6-11H2. The minimum atomic E-state index is -0.0550. The second kappa shape index (κ2) is 6.36. The minimum absolute atomic E-state index is 0.0550. The lowest BCUT2D eigenvalue weighted by atomic mass is 9.74. The fourth-order valence-corrected chi connectivity index (χ4v) is 2.75. The third kappa shape index (κ3) is 3.34. The summed E-state index contributed by atoms with van der Waals surface area (Å²) < 4.78 is 5.41. The first kappa shape index (κ1) is 13.6. The second-order valence-corrected chi connectivity index (χ2v) is 5.35. The highest BCUT2D eigenvalue weighted by Crippen LogP contribution is 2.35. The van der Waals surface area contributed by atoms with Crippen LogP contribution >= 0.6 is 0 Å². The fraction of sp³-hybridized carbons (Fsp3) is 0.714. The summed E-state index contributed by atoms with van der Waals surface area (Å²) in [6, 6.07) is 3.67. The zero-order chi connectivity index (χ0) is 12.8. The van der Waals surface area contributed by atoms with E-state index < -0.39 is 0 Å². The number of hydrogen-bond donors (Lipinski definition) is 3. The lowest BCUT2D eigenvalue weighted by Crippen LogP contribution is -2.38. The van der Waals surface area contributed by atoms with Crippen molar-refractivity contribution in [1.29, 1.82) is 0 Å². The molecular weight excluding hydrogens is 230 g/mol. The molecule has 4 nitrogen and oxygen atoms in total. The highest BCUT2D eigenvalue weighted by Gasteiger charge is 2.30. The number of nitrogens with one attached hydrogen (secondary N) is 1. The monoisotopic (exact) mass is 253 g/mol. The molecule has 1 heterocycles. The van der Waals surface area contributed by atoms with Gasteiger partial charge in [0.1, 0.15) is 18.1 Å². The van der Waals surface area contributed by atoms with Crippen LogP contribution in [-0.4, -0.2) is 23.4 Å². The van der Waals surface area contributed by atoms with Gasteiger partial charge in [-0.2, -0.15) is 0 Å². The summed E-state index contributed by atoms with van der Waals surface area (Å²) >= 11 is 0. The van der Waals surface area contributed by atoms with E-state index >= 15 is 0 Å². The van der Waals surface area contributed by atoms with Crippen molar-refractivity contribution in [2.75, 3.05) is 13.2 Å². The largest absolute Gasteiger partial charge is 0.462 e. The van der Waals surface area contributed by atoms with Crippen LogP contribution in [0.25, 0.3) is 0 Å². The van der Waals surface area contributed by atoms with Gasteiger partial charge in [0, 0.05) is 18.6 Å². The highest BCUT2D eigenvalue weighted by molar-refractivity contribution is 5.06. The van der Waals surface area contributed by atoms with E-state index in [9.17, 15) is 5.11 Å². The van der Waals surface area contributed by atoms with E-state index in [4.69, 9.17) is 9.52 Å². The van der Waals surface area contributed by atoms with Crippen molar-refractivity contribution in [2.45, 2.75) is 45.3 Å². The van der Waals surface area contributed by atoms with Gasteiger partial charge in [0.25, 0.3) is 0 Å². The molecule has 0 amide bonds. The summed E-state index contributed by atoms with van der Waals surface area (Å²) in [5.74, 6) is 1.43. The predicted octanol–water partition coefficient (Wildman–Crippen LogP) is 1.80. The molecule has 4 heteroatoms. The van der Waals surface area contributed by atoms with E-state index in [1.807, 2.05) is 6.07 Å². The van der Waals surface area contributed by atoms with Crippen molar-refractivity contribution in [1.82, 2.24) is 5.32 Å². The average molecular weight is 253 g/mol. The lowest BCUT2D eigenvalue weighted by molar-refractivity contribution is 0.0805. The zero-order valence-electron chi connectivity index (χ0n) is 10.8. The van der Waals surface area contributed by atoms with Gasteiger partial charge in [-0.25, -0.2) is 0 Å². The maximum Gasteiger partial charge on any atom is 0.129 e. The Hall–Kier alpha value is -0.840. The lowest BCUT2D eigenvalue weighted by Gasteiger charge is -2.35. The Labute approximate surface area is 108 Å². The van der Waals surface area contributed by atoms with Crippen molar-refractivity contribution < 1.29 is 14.6 Å². The summed E-state index contributed by atoms with van der Waals surface area (Å²) in [7, 11) is 0. The Kier molecular flexibility index (Phi) is 4.80. The Morgan fingerprint density at radius 1 is 1.11 bits per heavy atom. The van der Waals surface area contributed by atoms with Crippen LogP contribution in [0.1, 0.15) is 43.6 Å². The third-order valence-corrected chi connectivity index (χ3v) is 3.92. The van der Waals surface area contributed by atoms with Crippen LogP contribution < -0.4 is 5.32 Å². The molecule has 102 valence electrons. The van der Waals surface area contributed by atoms with Gasteiger partial charge in [0.05, 0.1) is 6.54 Å². The topological polar surface area (TPSA) is 65.6 Å². The molecule has 0 saturated heterocycles. The molecule has 0 aliphatic heterocycles. The van der Waals surface area contributed by atoms with Crippen LogP contribution in [0.15, 0.2) is 16.5 Å². The molecule has 0 spiro atoms. The molecule has 1 aliphatic rings. The van der Waals surface area contributed by atoms with E-state index in [-0.39, 0.29) is 18.6 Å². The molecule has 1 saturated carbocycles. The van der Waals surface area contributed by atoms with Crippen LogP contribution in [0.3, 0.4) is 0 Å². The molecule has 1 aliphatic carbocycles. The molecule has 0 unspecified atom stereocenters. The quantitative estimate of drug-likeness (QED) is 0.723. The molecule has 1 aromatic heterocycles. The molecule has 0 aromatic carbocycles. The van der Waals surface area contributed by atoms with Crippen LogP contribution in [0.4, 0.5) is 0 Å². The number of rotatable bonds is 6. The SMILES string of the molecule is OCc1ccc(CNCC2(CO)CCCCC2)o1. The number of aliphatic hydroxyl groups is 2. The highest BCUT2D eigenvalue weighted by atomic mass is 16.4. The van der Waals surface area contributed by atoms with E-state index in [1.165, 1.54) is 19.3 Å². The average Bonchev–Trinajstić information content (AvgIpc) is 2.88. The summed E-state index contributed by atoms with van der Waals surface area (Å²) in [5.41, 5.74) is 0.0602. The van der Waals surface area contributed by atoms with Crippen LogP contribution in [0.2, 0.25) is 0 Å². The molecule has 18 heavy (non-hydrogen) atoms. The maximum absolute atomic E-state index is 9.58. The van der Waals surface area contributed by atoms with E-state index in [0.717, 1.165) is 25.1 Å². The van der Waals surface area contributed by atoms with Gasteiger partial charge in [-0.15, -0.1) is 0 Å². The molecule has 2 rings (SSSR count). The van der Waals surface area contributed by atoms with Gasteiger partial charge in [-0.1, -0.05) is 19.3 Å². The van der Waals surface area contributed by atoms with Crippen LogP contribution in [-0.2, 0) is 13.2 Å². The van der Waals surface area contributed by atoms with Crippen molar-refractivity contribution in [3.63, 3.8) is 0 Å². The van der Waals surface area contributed by atoms with E-state index in [0.29, 0.717) is 12.3 Å². The van der Waals surface area contributed by atoms with Gasteiger partial charge in [-0.3, -0.25) is 0 Å². The normalized spacial score (nSPS) is 19.0. The van der Waals surface area contributed by atoms with Crippen LogP contribution in [0, 0.1) is 5.41 Å². The summed E-state index contributed by atoms with van der Waals surface area (Å²) in [4.78, 5) is 0. The Morgan fingerprint density at radius 2 is 1.83 bits per heavy atom. The number of hydrogen-bond acceptors (Lipinski definition) is 4. The zero-order valence-corrected chi connectivity index (χ0v) is 10.8. The van der Waals surface area contributed by atoms with E-state index in [2.05, 4.69) is 5.32 Å². The van der Waals surface area contributed by atoms with Gasteiger partial charge >= 0.3 is 0 Å². The van der Waals surface area contributed by atoms with Gasteiger partial charge in [0.15, 0.2) is 0 Å². The first-order valence-corrected chi connectivity index (χ1v) is 6.78. The second-order valence-electron chi connectivity index (χ2n) is 5.35. The molecule has 1 fully saturated rings. The third-order valence-electron chi connectivity index (χ3n) is 3.92. The van der Waals surface area contributed by atoms with Crippen molar-refractivity contribution in [3.05, 3.63) is 23.7 Å². The first-order chi connectivity index (χ1) is 8.78. The molecule has 0 atom stereocenters. The maximum atomic E-state index is 9.58. The summed E-state index contributed by atoms with van der Waals surface area (Å²) in [6.45, 7) is 1.70. The Balaban J connectivity index is 1.79. The molecule has 3 N–H and O–H groups in total. The minimum Gasteiger partial charge on any atom is -0.462 e. The molecule has 1 aromatic rings. The Bertz CT molecular complexity index is 356. The molecule has 0 bridgehead atoms. The predicted molar refractivity (Wildman–Crippen MR) is 68.9 cm³/mol. The first-order valence-electron chi connectivity index (χ1n) is 6.78. The van der Waals surface area contributed by atoms with Crippen LogP contribution in [0.5, 0.6) is 0 Å². The summed E-state index contributed by atoms with van der Waals surface area (Å²) in [6.07, 6.45) is 5.95. The van der Waals surface area contributed by atoms with Crippen molar-refractivity contribution >= 4 is 0 Å². The van der Waals surface area contributed by atoms with Crippen molar-refractivity contribution in [3.8, 4) is 0 Å². The number of furan rings is 1. The van der Waals surface area contributed by atoms with Gasteiger partial charge in [-0.05, 0) is 25.0 Å². The Morgan fingerprint density at radius 3 is 2.44 bits per heavy atom. The smallest absolute Gasteiger partial charge is 0.129 e. The van der Waals surface area contributed by atoms with Gasteiger partial charge in [0.2, 0.25) is 0 Å². The van der Waals surface area contributed by atoms with Gasteiger partial charge < -0.3 is 19.9 Å². The van der Waals surface area contributed by atoms with E-state index in [1.54, 1.807) is 6.07 Å². The molecule has 0 radical (unpaired) electrons. The summed E-state index contributed by atoms with van der Waals surface area (Å²) in [5, 5.41) is 21.9. The fourth-order valence-electron chi connectivity index (χ4n) is 2.75. The molecular formula is C14H23NO3.